The van der Waals surface area contributed by atoms with Gasteiger partial charge in [0, 0.05) is 44.2 Å². The average Bonchev–Trinajstić information content (AvgIpc) is 3.09. The fraction of sp³-hybridized carbons (Fsp3) is 0.250. The van der Waals surface area contributed by atoms with Crippen LogP contribution in [-0.4, -0.2) is 54.2 Å². The van der Waals surface area contributed by atoms with Crippen LogP contribution in [0.1, 0.15) is 39.4 Å². The lowest BCUT2D eigenvalue weighted by Gasteiger charge is -2.39. The molecule has 1 saturated heterocycles. The highest BCUT2D eigenvalue weighted by Gasteiger charge is 2.32. The predicted octanol–water partition coefficient (Wildman–Crippen LogP) is 8.19. The van der Waals surface area contributed by atoms with Gasteiger partial charge in [-0.1, -0.05) is 90.0 Å². The van der Waals surface area contributed by atoms with Crippen molar-refractivity contribution in [1.29, 1.82) is 0 Å². The van der Waals surface area contributed by atoms with E-state index in [0.717, 1.165) is 71.9 Å². The molecule has 0 spiro atoms. The predicted molar refractivity (Wildman–Crippen MR) is 184 cm³/mol. The number of nitrogens with zero attached hydrogens (tertiary/aromatic N) is 2. The van der Waals surface area contributed by atoms with Crippen LogP contribution in [0.25, 0.3) is 0 Å². The molecule has 5 aromatic rings. The van der Waals surface area contributed by atoms with E-state index in [2.05, 4.69) is 9.80 Å². The first-order valence-electron chi connectivity index (χ1n) is 16.0. The van der Waals surface area contributed by atoms with Crippen molar-refractivity contribution in [2.45, 2.75) is 25.0 Å². The van der Waals surface area contributed by atoms with Crippen LogP contribution >= 0.6 is 11.6 Å². The highest BCUT2D eigenvalue weighted by molar-refractivity contribution is 6.30. The summed E-state index contributed by atoms with van der Waals surface area (Å²) in [4.78, 5) is 4.75. The van der Waals surface area contributed by atoms with Crippen LogP contribution in [-0.2, 0) is 12.0 Å². The van der Waals surface area contributed by atoms with Crippen LogP contribution in [0.3, 0.4) is 0 Å². The van der Waals surface area contributed by atoms with E-state index in [4.69, 9.17) is 16.3 Å². The molecule has 1 unspecified atom stereocenters. The van der Waals surface area contributed by atoms with Crippen LogP contribution in [0.2, 0.25) is 5.02 Å². The summed E-state index contributed by atoms with van der Waals surface area (Å²) in [6.07, 6.45) is 0.405. The van der Waals surface area contributed by atoms with Crippen molar-refractivity contribution in [3.63, 3.8) is 0 Å². The van der Waals surface area contributed by atoms with Crippen LogP contribution in [0.15, 0.2) is 121 Å². The van der Waals surface area contributed by atoms with Gasteiger partial charge in [-0.15, -0.1) is 0 Å². The Morgan fingerprint density at radius 2 is 1.21 bits per heavy atom. The maximum atomic E-state index is 13.7. The second-order valence-electron chi connectivity index (χ2n) is 12.3. The molecular weight excluding hydrogens is 614 g/mol. The first-order valence-corrected chi connectivity index (χ1v) is 16.4. The molecule has 6 rings (SSSR count). The van der Waals surface area contributed by atoms with E-state index >= 15 is 0 Å². The van der Waals surface area contributed by atoms with E-state index in [-0.39, 0.29) is 17.7 Å². The molecule has 0 radical (unpaired) electrons. The van der Waals surface area contributed by atoms with E-state index in [0.29, 0.717) is 18.1 Å². The third-order valence-corrected chi connectivity index (χ3v) is 9.31. The Hall–Kier alpha value is -4.07. The minimum Gasteiger partial charge on any atom is -0.492 e. The van der Waals surface area contributed by atoms with Gasteiger partial charge in [0.2, 0.25) is 0 Å². The molecule has 5 aromatic carbocycles. The zero-order valence-electron chi connectivity index (χ0n) is 26.5. The van der Waals surface area contributed by atoms with Gasteiger partial charge in [-0.25, -0.2) is 8.78 Å². The normalized spacial score (nSPS) is 15.4. The number of piperazine rings is 1. The SMILES string of the molecule is Cc1ccc(C(O)(Cc2ccc(Cl)cc2)c2ccc(OCCN3CCN(C(c4ccc(F)cc4)c4ccc(F)cc4)CC3)cc2)cc1. The number of rotatable bonds is 11. The molecule has 7 heteroatoms. The van der Waals surface area contributed by atoms with Gasteiger partial charge in [-0.05, 0) is 83.3 Å². The first-order chi connectivity index (χ1) is 22.8. The molecule has 4 nitrogen and oxygen atoms in total. The van der Waals surface area contributed by atoms with Crippen molar-refractivity contribution < 1.29 is 18.6 Å². The lowest BCUT2D eigenvalue weighted by atomic mass is 9.81. The number of ether oxygens (including phenoxy) is 1. The monoisotopic (exact) mass is 652 g/mol. The number of aliphatic hydroxyl groups is 1. The smallest absolute Gasteiger partial charge is 0.123 e. The van der Waals surface area contributed by atoms with Crippen molar-refractivity contribution >= 4 is 11.6 Å². The van der Waals surface area contributed by atoms with Crippen molar-refractivity contribution in [2.24, 2.45) is 0 Å². The van der Waals surface area contributed by atoms with Gasteiger partial charge in [-0.3, -0.25) is 9.80 Å². The van der Waals surface area contributed by atoms with Gasteiger partial charge >= 0.3 is 0 Å². The standard InChI is InChI=1S/C40H39ClF2N2O2/c1-29-2-10-33(11-3-29)40(46,28-30-4-14-35(41)15-5-30)34-12-20-38(21-13-34)47-27-26-44-22-24-45(25-23-44)39(31-6-16-36(42)17-7-31)32-8-18-37(43)19-9-32/h2-21,39,46H,22-28H2,1H3. The maximum Gasteiger partial charge on any atom is 0.123 e. The van der Waals surface area contributed by atoms with Crippen molar-refractivity contribution in [3.05, 3.63) is 171 Å². The maximum absolute atomic E-state index is 13.7. The number of halogens is 3. The Morgan fingerprint density at radius 1 is 0.702 bits per heavy atom. The fourth-order valence-electron chi connectivity index (χ4n) is 6.37. The van der Waals surface area contributed by atoms with Crippen LogP contribution in [0.5, 0.6) is 5.75 Å². The Balaban J connectivity index is 1.07. The van der Waals surface area contributed by atoms with E-state index in [1.807, 2.05) is 104 Å². The van der Waals surface area contributed by atoms with E-state index in [9.17, 15) is 13.9 Å². The van der Waals surface area contributed by atoms with Crippen LogP contribution in [0, 0.1) is 18.6 Å². The fourth-order valence-corrected chi connectivity index (χ4v) is 6.49. The van der Waals surface area contributed by atoms with Gasteiger partial charge < -0.3 is 9.84 Å². The Morgan fingerprint density at radius 3 is 1.74 bits per heavy atom. The summed E-state index contributed by atoms with van der Waals surface area (Å²) in [5.74, 6) is 0.203. The zero-order valence-corrected chi connectivity index (χ0v) is 27.2. The van der Waals surface area contributed by atoms with Gasteiger partial charge in [0.1, 0.15) is 29.6 Å². The summed E-state index contributed by atoms with van der Waals surface area (Å²) in [5, 5.41) is 12.8. The summed E-state index contributed by atoms with van der Waals surface area (Å²) in [7, 11) is 0. The van der Waals surface area contributed by atoms with Crippen LogP contribution < -0.4 is 4.74 Å². The minimum atomic E-state index is -1.22. The second kappa shape index (κ2) is 14.8. The van der Waals surface area contributed by atoms with E-state index in [1.165, 1.54) is 24.3 Å². The molecular formula is C40H39ClF2N2O2. The van der Waals surface area contributed by atoms with E-state index < -0.39 is 5.60 Å². The van der Waals surface area contributed by atoms with Gasteiger partial charge in [0.25, 0.3) is 0 Å². The Kier molecular flexibility index (Phi) is 10.3. The third kappa shape index (κ3) is 8.09. The molecule has 0 bridgehead atoms. The molecule has 1 heterocycles. The highest BCUT2D eigenvalue weighted by atomic mass is 35.5. The molecule has 242 valence electrons. The lowest BCUT2D eigenvalue weighted by molar-refractivity contribution is 0.0810. The molecule has 1 atom stereocenters. The largest absolute Gasteiger partial charge is 0.492 e. The second-order valence-corrected chi connectivity index (χ2v) is 12.7. The van der Waals surface area contributed by atoms with E-state index in [1.54, 1.807) is 0 Å². The summed E-state index contributed by atoms with van der Waals surface area (Å²) in [6, 6.07) is 36.4. The van der Waals surface area contributed by atoms with Crippen molar-refractivity contribution in [2.75, 3.05) is 39.3 Å². The molecule has 0 amide bonds. The molecule has 1 aliphatic rings. The van der Waals surface area contributed by atoms with Gasteiger partial charge in [0.15, 0.2) is 0 Å². The Labute approximate surface area is 280 Å². The average molecular weight is 653 g/mol. The summed E-state index contributed by atoms with van der Waals surface area (Å²) in [5.41, 5.74) is 4.48. The molecule has 1 fully saturated rings. The summed E-state index contributed by atoms with van der Waals surface area (Å²) < 4.78 is 33.5. The summed E-state index contributed by atoms with van der Waals surface area (Å²) in [6.45, 7) is 6.69. The molecule has 1 aliphatic heterocycles. The number of benzene rings is 5. The molecule has 0 aliphatic carbocycles. The first kappa shape index (κ1) is 32.9. The Bertz CT molecular complexity index is 1680. The highest BCUT2D eigenvalue weighted by Crippen LogP contribution is 2.35. The minimum absolute atomic E-state index is 0.0774. The van der Waals surface area contributed by atoms with Crippen molar-refractivity contribution in [3.8, 4) is 5.75 Å². The number of hydrogen-bond acceptors (Lipinski definition) is 4. The third-order valence-electron chi connectivity index (χ3n) is 9.05. The molecule has 1 N–H and O–H groups in total. The molecule has 0 saturated carbocycles. The number of hydrogen-bond donors (Lipinski definition) is 1. The van der Waals surface area contributed by atoms with Crippen LogP contribution in [0.4, 0.5) is 8.78 Å². The van der Waals surface area contributed by atoms with Gasteiger partial charge in [-0.2, -0.15) is 0 Å². The summed E-state index contributed by atoms with van der Waals surface area (Å²) >= 11 is 6.11. The van der Waals surface area contributed by atoms with Gasteiger partial charge in [0.05, 0.1) is 6.04 Å². The molecule has 0 aromatic heterocycles. The zero-order chi connectivity index (χ0) is 32.8. The topological polar surface area (TPSA) is 35.9 Å². The van der Waals surface area contributed by atoms with Crippen molar-refractivity contribution in [1.82, 2.24) is 9.80 Å². The number of aryl methyl sites for hydroxylation is 1. The molecule has 47 heavy (non-hydrogen) atoms. The quantitative estimate of drug-likeness (QED) is 0.156. The lowest BCUT2D eigenvalue weighted by Crippen LogP contribution is -2.48.